The van der Waals surface area contributed by atoms with Crippen LogP contribution in [-0.4, -0.2) is 75.3 Å². The van der Waals surface area contributed by atoms with E-state index >= 15 is 0 Å². The maximum absolute atomic E-state index is 14.5. The molecule has 1 aromatic carbocycles. The van der Waals surface area contributed by atoms with E-state index in [0.29, 0.717) is 11.1 Å². The zero-order chi connectivity index (χ0) is 28.7. The second kappa shape index (κ2) is 8.96. The van der Waals surface area contributed by atoms with Crippen LogP contribution in [0.4, 0.5) is 0 Å². The summed E-state index contributed by atoms with van der Waals surface area (Å²) in [6.45, 7) is 9.78. The number of aliphatic hydroxyl groups excluding tert-OH is 2. The highest BCUT2D eigenvalue weighted by molar-refractivity contribution is 5.92. The molecule has 5 rings (SSSR count). The second-order valence-corrected chi connectivity index (χ2v) is 12.5. The van der Waals surface area contributed by atoms with E-state index in [9.17, 15) is 29.7 Å². The molecule has 2 bridgehead atoms. The van der Waals surface area contributed by atoms with Gasteiger partial charge in [0.15, 0.2) is 5.60 Å². The summed E-state index contributed by atoms with van der Waals surface area (Å²) in [6.07, 6.45) is -4.73. The molecule has 3 aliphatic carbocycles. The zero-order valence-electron chi connectivity index (χ0n) is 23.3. The molecule has 39 heavy (non-hydrogen) atoms. The highest BCUT2D eigenvalue weighted by atomic mass is 16.6. The highest BCUT2D eigenvalue weighted by Crippen LogP contribution is 2.64. The lowest BCUT2D eigenvalue weighted by molar-refractivity contribution is -0.345. The van der Waals surface area contributed by atoms with E-state index in [1.807, 2.05) is 0 Å². The highest BCUT2D eigenvalue weighted by Gasteiger charge is 2.77. The number of benzene rings is 1. The summed E-state index contributed by atoms with van der Waals surface area (Å²) in [5.74, 6) is -3.66. The van der Waals surface area contributed by atoms with Gasteiger partial charge in [-0.2, -0.15) is 0 Å². The molecule has 9 heteroatoms. The normalized spacial score (nSPS) is 42.7. The van der Waals surface area contributed by atoms with E-state index in [1.54, 1.807) is 65.0 Å². The maximum Gasteiger partial charge on any atom is 0.338 e. The maximum atomic E-state index is 14.5. The number of aliphatic hydroxyl groups is 3. The van der Waals surface area contributed by atoms with Crippen molar-refractivity contribution in [3.63, 3.8) is 0 Å². The monoisotopic (exact) mass is 542 g/mol. The minimum absolute atomic E-state index is 0.0283. The first kappa shape index (κ1) is 28.0. The van der Waals surface area contributed by atoms with Gasteiger partial charge in [-0.05, 0) is 37.1 Å². The molecule has 0 spiro atoms. The predicted molar refractivity (Wildman–Crippen MR) is 138 cm³/mol. The van der Waals surface area contributed by atoms with E-state index in [0.717, 1.165) is 0 Å². The van der Waals surface area contributed by atoms with E-state index in [4.69, 9.17) is 14.2 Å². The molecule has 3 N–H and O–H groups in total. The smallest absolute Gasteiger partial charge is 0.338 e. The summed E-state index contributed by atoms with van der Waals surface area (Å²) in [5, 5.41) is 35.5. The number of hydrogen-bond donors (Lipinski definition) is 3. The minimum Gasteiger partial charge on any atom is -0.455 e. The predicted octanol–water partition coefficient (Wildman–Crippen LogP) is 2.36. The van der Waals surface area contributed by atoms with E-state index in [-0.39, 0.29) is 30.8 Å². The molecule has 0 unspecified atom stereocenters. The van der Waals surface area contributed by atoms with Gasteiger partial charge in [0.1, 0.15) is 23.6 Å². The average molecular weight is 543 g/mol. The Labute approximate surface area is 228 Å². The molecule has 2 saturated carbocycles. The number of ketones is 1. The van der Waals surface area contributed by atoms with Crippen LogP contribution in [0.2, 0.25) is 0 Å². The molecule has 0 radical (unpaired) electrons. The molecule has 0 aromatic heterocycles. The van der Waals surface area contributed by atoms with E-state index in [1.165, 1.54) is 6.92 Å². The van der Waals surface area contributed by atoms with Crippen LogP contribution in [0.5, 0.6) is 0 Å². The average Bonchev–Trinajstić information content (AvgIpc) is 2.87. The first-order valence-electron chi connectivity index (χ1n) is 13.5. The van der Waals surface area contributed by atoms with Crippen molar-refractivity contribution in [2.45, 2.75) is 90.0 Å². The number of fused-ring (bicyclic) bond motifs is 5. The second-order valence-electron chi connectivity index (χ2n) is 12.5. The third-order valence-electron chi connectivity index (χ3n) is 10.2. The number of ether oxygens (including phenoxy) is 3. The summed E-state index contributed by atoms with van der Waals surface area (Å²) in [6, 6.07) is 8.26. The van der Waals surface area contributed by atoms with Gasteiger partial charge < -0.3 is 29.5 Å². The fourth-order valence-corrected chi connectivity index (χ4v) is 8.16. The largest absolute Gasteiger partial charge is 0.455 e. The van der Waals surface area contributed by atoms with Gasteiger partial charge in [0, 0.05) is 31.1 Å². The quantitative estimate of drug-likeness (QED) is 0.388. The summed E-state index contributed by atoms with van der Waals surface area (Å²) in [5.41, 5.74) is -4.73. The molecular formula is C30H38O9. The van der Waals surface area contributed by atoms with Crippen LogP contribution in [0, 0.1) is 22.7 Å². The lowest BCUT2D eigenvalue weighted by atomic mass is 9.43. The van der Waals surface area contributed by atoms with Crippen molar-refractivity contribution in [2.24, 2.45) is 22.7 Å². The Hall–Kier alpha value is -2.59. The van der Waals surface area contributed by atoms with Crippen molar-refractivity contribution in [3.05, 3.63) is 47.0 Å². The molecule has 9 nitrogen and oxygen atoms in total. The molecule has 212 valence electrons. The van der Waals surface area contributed by atoms with Crippen molar-refractivity contribution in [2.75, 3.05) is 6.61 Å². The lowest BCUT2D eigenvalue weighted by Gasteiger charge is -2.67. The minimum atomic E-state index is -1.91. The van der Waals surface area contributed by atoms with Crippen molar-refractivity contribution in [1.29, 1.82) is 0 Å². The van der Waals surface area contributed by atoms with Gasteiger partial charge >= 0.3 is 11.9 Å². The van der Waals surface area contributed by atoms with Gasteiger partial charge in [0.05, 0.1) is 35.7 Å². The van der Waals surface area contributed by atoms with Crippen molar-refractivity contribution in [3.8, 4) is 0 Å². The molecule has 4 aliphatic rings. The third-order valence-corrected chi connectivity index (χ3v) is 10.2. The number of Topliss-reactive ketones (excluding diaryl/α,β-unsaturated/α-hetero) is 1. The fourth-order valence-electron chi connectivity index (χ4n) is 8.16. The van der Waals surface area contributed by atoms with Crippen molar-refractivity contribution >= 4 is 17.7 Å². The zero-order valence-corrected chi connectivity index (χ0v) is 23.3. The Morgan fingerprint density at radius 3 is 2.31 bits per heavy atom. The number of carbonyl (C=O) groups is 3. The molecule has 0 amide bonds. The number of carbonyl (C=O) groups excluding carboxylic acids is 3. The summed E-state index contributed by atoms with van der Waals surface area (Å²) in [4.78, 5) is 40.6. The third kappa shape index (κ3) is 3.63. The summed E-state index contributed by atoms with van der Waals surface area (Å²) >= 11 is 0. The van der Waals surface area contributed by atoms with Crippen molar-refractivity contribution < 1.29 is 43.9 Å². The lowest BCUT2D eigenvalue weighted by Crippen LogP contribution is -2.81. The van der Waals surface area contributed by atoms with Crippen molar-refractivity contribution in [1.82, 2.24) is 0 Å². The summed E-state index contributed by atoms with van der Waals surface area (Å²) < 4.78 is 17.9. The Balaban J connectivity index is 1.81. The van der Waals surface area contributed by atoms with Crippen LogP contribution in [0.15, 0.2) is 41.5 Å². The van der Waals surface area contributed by atoms with Gasteiger partial charge in [-0.25, -0.2) is 4.79 Å². The number of rotatable bonds is 3. The van der Waals surface area contributed by atoms with Crippen LogP contribution in [-0.2, 0) is 23.8 Å². The number of esters is 2. The standard InChI is InChI=1S/C30H38O9/c1-15-19(32)13-30(36)25(38-26(35)18-10-8-7-9-11-18)23-28(6,24(34)16(2)22(15)27(30,4)5)20(33)12-21-29(23,14-37-21)39-17(3)31/h7-11,16,19-21,23,25,32-33,36H,12-14H2,1-6H3/t16-,19+,20+,21-,23+,25+,28-,29+,30-/m1/s1. The van der Waals surface area contributed by atoms with Gasteiger partial charge in [0.2, 0.25) is 0 Å². The SMILES string of the molecule is CC(=O)O[C@@]12CO[C@@H]1C[C@H](O)[C@@]1(C)C(=O)[C@H](C)C3=C(C)[C@@H](O)C[C@@](O)([C@@H](OC(=O)c4ccccc4)[C@H]21)C3(C)C. The molecule has 1 aliphatic heterocycles. The van der Waals surface area contributed by atoms with E-state index in [2.05, 4.69) is 0 Å². The molecule has 1 aromatic rings. The summed E-state index contributed by atoms with van der Waals surface area (Å²) in [7, 11) is 0. The van der Waals surface area contributed by atoms with Crippen LogP contribution in [0.1, 0.15) is 64.7 Å². The first-order valence-corrected chi connectivity index (χ1v) is 13.5. The van der Waals surface area contributed by atoms with Gasteiger partial charge in [-0.15, -0.1) is 0 Å². The van der Waals surface area contributed by atoms with Gasteiger partial charge in [0.25, 0.3) is 0 Å². The van der Waals surface area contributed by atoms with Crippen LogP contribution >= 0.6 is 0 Å². The Bertz CT molecular complexity index is 1240. The first-order chi connectivity index (χ1) is 18.1. The van der Waals surface area contributed by atoms with Gasteiger partial charge in [-0.1, -0.05) is 39.0 Å². The molecule has 1 saturated heterocycles. The Morgan fingerprint density at radius 1 is 1.10 bits per heavy atom. The van der Waals surface area contributed by atoms with Crippen LogP contribution < -0.4 is 0 Å². The molecular weight excluding hydrogens is 504 g/mol. The van der Waals surface area contributed by atoms with Crippen LogP contribution in [0.3, 0.4) is 0 Å². The Kier molecular flexibility index (Phi) is 6.42. The Morgan fingerprint density at radius 2 is 1.74 bits per heavy atom. The molecule has 3 fully saturated rings. The fraction of sp³-hybridized carbons (Fsp3) is 0.633. The van der Waals surface area contributed by atoms with Crippen LogP contribution in [0.25, 0.3) is 0 Å². The van der Waals surface area contributed by atoms with E-state index < -0.39 is 70.2 Å². The topological polar surface area (TPSA) is 140 Å². The molecule has 1 heterocycles. The molecule has 9 atom stereocenters. The number of hydrogen-bond acceptors (Lipinski definition) is 9. The van der Waals surface area contributed by atoms with Gasteiger partial charge in [-0.3, -0.25) is 9.59 Å².